The highest BCUT2D eigenvalue weighted by Gasteiger charge is 2.13. The Labute approximate surface area is 94.8 Å². The van der Waals surface area contributed by atoms with Crippen molar-refractivity contribution >= 4 is 28.4 Å². The van der Waals surface area contributed by atoms with Gasteiger partial charge in [0.05, 0.1) is 3.92 Å². The summed E-state index contributed by atoms with van der Waals surface area (Å²) in [7, 11) is 0. The zero-order chi connectivity index (χ0) is 9.52. The molecule has 0 radical (unpaired) electrons. The van der Waals surface area contributed by atoms with E-state index in [9.17, 15) is 4.79 Å². The SMILES string of the molecule is O=C1CCCCCCCCCC1I. The molecule has 0 amide bonds. The molecule has 76 valence electrons. The average molecular weight is 294 g/mol. The number of ketones is 1. The van der Waals surface area contributed by atoms with Crippen LogP contribution in [0.5, 0.6) is 0 Å². The molecule has 13 heavy (non-hydrogen) atoms. The fourth-order valence-electron chi connectivity index (χ4n) is 1.82. The summed E-state index contributed by atoms with van der Waals surface area (Å²) < 4.78 is 0.302. The maximum absolute atomic E-state index is 11.5. The standard InChI is InChI=1S/C11H19IO/c12-10-8-6-4-2-1-3-5-7-9-11(10)13/h10H,1-9H2. The lowest BCUT2D eigenvalue weighted by Crippen LogP contribution is -2.12. The summed E-state index contributed by atoms with van der Waals surface area (Å²) in [6.45, 7) is 0. The first-order chi connectivity index (χ1) is 6.30. The van der Waals surface area contributed by atoms with E-state index < -0.39 is 0 Å². The average Bonchev–Trinajstić information content (AvgIpc) is 2.16. The van der Waals surface area contributed by atoms with Crippen molar-refractivity contribution in [2.75, 3.05) is 0 Å². The smallest absolute Gasteiger partial charge is 0.145 e. The highest BCUT2D eigenvalue weighted by Crippen LogP contribution is 2.19. The maximum atomic E-state index is 11.5. The molecular formula is C11H19IO. The molecule has 0 aliphatic heterocycles. The number of alkyl halides is 1. The molecule has 1 atom stereocenters. The number of Topliss-reactive ketones (excluding diaryl/α,β-unsaturated/α-hetero) is 1. The van der Waals surface area contributed by atoms with Gasteiger partial charge in [-0.1, -0.05) is 61.1 Å². The number of carbonyl (C=O) groups excluding carboxylic acids is 1. The molecule has 0 saturated heterocycles. The van der Waals surface area contributed by atoms with Crippen LogP contribution in [-0.2, 0) is 4.79 Å². The normalized spacial score (nSPS) is 28.1. The van der Waals surface area contributed by atoms with E-state index >= 15 is 0 Å². The molecule has 1 fully saturated rings. The van der Waals surface area contributed by atoms with Crippen LogP contribution in [0.1, 0.15) is 57.8 Å². The Morgan fingerprint density at radius 1 is 0.923 bits per heavy atom. The van der Waals surface area contributed by atoms with Gasteiger partial charge in [-0.25, -0.2) is 0 Å². The molecule has 0 heterocycles. The van der Waals surface area contributed by atoms with Crippen molar-refractivity contribution in [3.8, 4) is 0 Å². The van der Waals surface area contributed by atoms with Gasteiger partial charge in [0.2, 0.25) is 0 Å². The van der Waals surface area contributed by atoms with Crippen LogP contribution in [-0.4, -0.2) is 9.71 Å². The zero-order valence-corrected chi connectivity index (χ0v) is 10.4. The van der Waals surface area contributed by atoms with Crippen molar-refractivity contribution in [2.45, 2.75) is 61.7 Å². The largest absolute Gasteiger partial charge is 0.299 e. The predicted octanol–water partition coefficient (Wildman–Crippen LogP) is 3.88. The quantitative estimate of drug-likeness (QED) is 0.489. The first-order valence-corrected chi connectivity index (χ1v) is 6.72. The minimum absolute atomic E-state index is 0.302. The molecule has 1 rings (SSSR count). The molecule has 0 spiro atoms. The molecule has 1 saturated carbocycles. The molecule has 1 unspecified atom stereocenters. The van der Waals surface area contributed by atoms with Crippen molar-refractivity contribution in [3.63, 3.8) is 0 Å². The monoisotopic (exact) mass is 294 g/mol. The Hall–Kier alpha value is 0.400. The van der Waals surface area contributed by atoms with Gasteiger partial charge in [-0.3, -0.25) is 4.79 Å². The van der Waals surface area contributed by atoms with Gasteiger partial charge < -0.3 is 0 Å². The van der Waals surface area contributed by atoms with Crippen LogP contribution >= 0.6 is 22.6 Å². The Kier molecular flexibility index (Phi) is 6.00. The lowest BCUT2D eigenvalue weighted by molar-refractivity contribution is -0.118. The van der Waals surface area contributed by atoms with E-state index in [2.05, 4.69) is 22.6 Å². The van der Waals surface area contributed by atoms with Crippen molar-refractivity contribution in [1.82, 2.24) is 0 Å². The van der Waals surface area contributed by atoms with E-state index in [1.54, 1.807) is 0 Å². The van der Waals surface area contributed by atoms with Crippen molar-refractivity contribution < 1.29 is 4.79 Å². The van der Waals surface area contributed by atoms with E-state index in [0.29, 0.717) is 9.71 Å². The molecule has 0 aromatic heterocycles. The minimum Gasteiger partial charge on any atom is -0.299 e. The minimum atomic E-state index is 0.302. The van der Waals surface area contributed by atoms with Gasteiger partial charge in [0.15, 0.2) is 0 Å². The van der Waals surface area contributed by atoms with Crippen LogP contribution < -0.4 is 0 Å². The van der Waals surface area contributed by atoms with Crippen LogP contribution in [0, 0.1) is 0 Å². The fraction of sp³-hybridized carbons (Fsp3) is 0.909. The van der Waals surface area contributed by atoms with E-state index in [1.807, 2.05) is 0 Å². The molecule has 0 aromatic rings. The number of halogens is 1. The summed E-state index contributed by atoms with van der Waals surface area (Å²) in [5.74, 6) is 0.488. The molecule has 0 aromatic carbocycles. The molecule has 0 N–H and O–H groups in total. The number of rotatable bonds is 0. The second-order valence-corrected chi connectivity index (χ2v) is 5.45. The van der Waals surface area contributed by atoms with E-state index in [0.717, 1.165) is 19.3 Å². The number of hydrogen-bond donors (Lipinski definition) is 0. The van der Waals surface area contributed by atoms with Gasteiger partial charge in [-0.15, -0.1) is 0 Å². The summed E-state index contributed by atoms with van der Waals surface area (Å²) in [5.41, 5.74) is 0. The maximum Gasteiger partial charge on any atom is 0.145 e. The summed E-state index contributed by atoms with van der Waals surface area (Å²) in [5, 5.41) is 0. The molecule has 2 heteroatoms. The van der Waals surface area contributed by atoms with Crippen LogP contribution in [0.3, 0.4) is 0 Å². The fourth-order valence-corrected chi connectivity index (χ4v) is 2.58. The van der Waals surface area contributed by atoms with E-state index in [1.165, 1.54) is 38.5 Å². The Morgan fingerprint density at radius 3 is 2.15 bits per heavy atom. The van der Waals surface area contributed by atoms with Crippen LogP contribution in [0.2, 0.25) is 0 Å². The summed E-state index contributed by atoms with van der Waals surface area (Å²) >= 11 is 2.32. The van der Waals surface area contributed by atoms with Crippen LogP contribution in [0.4, 0.5) is 0 Å². The third-order valence-corrected chi connectivity index (χ3v) is 4.05. The zero-order valence-electron chi connectivity index (χ0n) is 8.23. The molecule has 1 aliphatic carbocycles. The third kappa shape index (κ3) is 4.99. The Balaban J connectivity index is 2.31. The van der Waals surface area contributed by atoms with Crippen LogP contribution in [0.15, 0.2) is 0 Å². The molecule has 0 bridgehead atoms. The van der Waals surface area contributed by atoms with E-state index in [-0.39, 0.29) is 0 Å². The number of hydrogen-bond acceptors (Lipinski definition) is 1. The number of carbonyl (C=O) groups is 1. The van der Waals surface area contributed by atoms with Gasteiger partial charge in [0, 0.05) is 6.42 Å². The Bertz CT molecular complexity index is 156. The van der Waals surface area contributed by atoms with E-state index in [4.69, 9.17) is 0 Å². The molecule has 1 nitrogen and oxygen atoms in total. The van der Waals surface area contributed by atoms with Crippen molar-refractivity contribution in [2.24, 2.45) is 0 Å². The second-order valence-electron chi connectivity index (χ2n) is 3.95. The molecular weight excluding hydrogens is 275 g/mol. The van der Waals surface area contributed by atoms with Crippen molar-refractivity contribution in [3.05, 3.63) is 0 Å². The Morgan fingerprint density at radius 2 is 1.46 bits per heavy atom. The van der Waals surface area contributed by atoms with Gasteiger partial charge in [-0.2, -0.15) is 0 Å². The van der Waals surface area contributed by atoms with Gasteiger partial charge in [0.25, 0.3) is 0 Å². The molecule has 1 aliphatic rings. The lowest BCUT2D eigenvalue weighted by atomic mass is 10.1. The van der Waals surface area contributed by atoms with Gasteiger partial charge in [0.1, 0.15) is 5.78 Å². The van der Waals surface area contributed by atoms with Crippen molar-refractivity contribution in [1.29, 1.82) is 0 Å². The first kappa shape index (κ1) is 11.5. The summed E-state index contributed by atoms with van der Waals surface area (Å²) in [6, 6.07) is 0. The second kappa shape index (κ2) is 6.80. The topological polar surface area (TPSA) is 17.1 Å². The highest BCUT2D eigenvalue weighted by atomic mass is 127. The van der Waals surface area contributed by atoms with Gasteiger partial charge >= 0.3 is 0 Å². The third-order valence-electron chi connectivity index (χ3n) is 2.73. The first-order valence-electron chi connectivity index (χ1n) is 5.47. The summed E-state index contributed by atoms with van der Waals surface area (Å²) in [4.78, 5) is 11.5. The van der Waals surface area contributed by atoms with Crippen LogP contribution in [0.25, 0.3) is 0 Å². The predicted molar refractivity (Wildman–Crippen MR) is 64.4 cm³/mol. The lowest BCUT2D eigenvalue weighted by Gasteiger charge is -2.06. The van der Waals surface area contributed by atoms with Gasteiger partial charge in [-0.05, 0) is 12.8 Å². The highest BCUT2D eigenvalue weighted by molar-refractivity contribution is 14.1. The summed E-state index contributed by atoms with van der Waals surface area (Å²) in [6.07, 6.45) is 11.0.